The molecule has 4 rings (SSSR count). The number of fused-ring (bicyclic) bond motifs is 3. The first-order valence-electron chi connectivity index (χ1n) is 7.81. The van der Waals surface area contributed by atoms with Gasteiger partial charge in [0.15, 0.2) is 11.5 Å². The van der Waals surface area contributed by atoms with Gasteiger partial charge in [-0.1, -0.05) is 18.2 Å². The van der Waals surface area contributed by atoms with E-state index in [2.05, 4.69) is 5.32 Å². The van der Waals surface area contributed by atoms with Gasteiger partial charge in [-0.15, -0.1) is 0 Å². The number of benzene rings is 1. The van der Waals surface area contributed by atoms with Crippen LogP contribution < -0.4 is 14.8 Å². The Bertz CT molecular complexity index is 730. The van der Waals surface area contributed by atoms with Crippen LogP contribution in [0.3, 0.4) is 0 Å². The summed E-state index contributed by atoms with van der Waals surface area (Å²) in [6.45, 7) is 2.03. The summed E-state index contributed by atoms with van der Waals surface area (Å²) in [6.07, 6.45) is 2.48. The van der Waals surface area contributed by atoms with E-state index >= 15 is 0 Å². The van der Waals surface area contributed by atoms with Crippen LogP contribution in [0.25, 0.3) is 0 Å². The number of carbonyl (C=O) groups is 2. The lowest BCUT2D eigenvalue weighted by atomic mass is 9.82. The van der Waals surface area contributed by atoms with Gasteiger partial charge in [-0.3, -0.25) is 9.59 Å². The molecule has 0 unspecified atom stereocenters. The minimum absolute atomic E-state index is 0.189. The van der Waals surface area contributed by atoms with Crippen molar-refractivity contribution in [1.82, 2.24) is 5.32 Å². The fourth-order valence-electron chi connectivity index (χ4n) is 3.49. The van der Waals surface area contributed by atoms with Gasteiger partial charge in [0.05, 0.1) is 24.2 Å². The molecule has 1 aromatic carbocycles. The number of carboxylic acids is 1. The summed E-state index contributed by atoms with van der Waals surface area (Å²) < 4.78 is 16.1. The van der Waals surface area contributed by atoms with Crippen LogP contribution in [-0.2, 0) is 14.3 Å². The van der Waals surface area contributed by atoms with Gasteiger partial charge in [0.1, 0.15) is 5.92 Å². The number of hydrogen-bond acceptors (Lipinski definition) is 5. The maximum absolute atomic E-state index is 12.6. The van der Waals surface area contributed by atoms with E-state index in [9.17, 15) is 14.7 Å². The topological polar surface area (TPSA) is 94.1 Å². The van der Waals surface area contributed by atoms with Gasteiger partial charge in [0, 0.05) is 0 Å². The van der Waals surface area contributed by atoms with E-state index in [1.165, 1.54) is 0 Å². The molecule has 3 aliphatic rings. The van der Waals surface area contributed by atoms with E-state index in [-0.39, 0.29) is 18.7 Å². The van der Waals surface area contributed by atoms with Crippen molar-refractivity contribution in [1.29, 1.82) is 0 Å². The van der Waals surface area contributed by atoms with Crippen LogP contribution in [0.2, 0.25) is 0 Å². The maximum Gasteiger partial charge on any atom is 0.310 e. The molecule has 2 N–H and O–H groups in total. The van der Waals surface area contributed by atoms with Crippen LogP contribution in [-0.4, -0.2) is 36.0 Å². The second-order valence-corrected chi connectivity index (χ2v) is 6.18. The van der Waals surface area contributed by atoms with Crippen molar-refractivity contribution in [2.45, 2.75) is 25.2 Å². The molecule has 2 bridgehead atoms. The van der Waals surface area contributed by atoms with Crippen molar-refractivity contribution >= 4 is 11.9 Å². The summed E-state index contributed by atoms with van der Waals surface area (Å²) in [4.78, 5) is 24.1. The van der Waals surface area contributed by atoms with Gasteiger partial charge in [0.2, 0.25) is 12.7 Å². The highest BCUT2D eigenvalue weighted by molar-refractivity contribution is 5.87. The molecular weight excluding hydrogens is 314 g/mol. The summed E-state index contributed by atoms with van der Waals surface area (Å²) in [5.74, 6) is -1.57. The van der Waals surface area contributed by atoms with Crippen LogP contribution in [0.5, 0.6) is 11.5 Å². The minimum atomic E-state index is -1.01. The Morgan fingerprint density at radius 1 is 1.17 bits per heavy atom. The average Bonchev–Trinajstić information content (AvgIpc) is 3.28. The van der Waals surface area contributed by atoms with Gasteiger partial charge < -0.3 is 24.6 Å². The Labute approximate surface area is 138 Å². The second kappa shape index (κ2) is 5.52. The SMILES string of the molecule is C[C@H](NC(=O)[C@@H]1[C@H](C(=O)O)[C@H]2C=C[C@H]1O2)c1ccc2c(c1)OCO2. The summed E-state index contributed by atoms with van der Waals surface area (Å²) >= 11 is 0. The molecule has 3 heterocycles. The van der Waals surface area contributed by atoms with E-state index in [1.807, 2.05) is 19.1 Å². The van der Waals surface area contributed by atoms with Crippen molar-refractivity contribution in [3.63, 3.8) is 0 Å². The molecule has 7 heteroatoms. The Morgan fingerprint density at radius 3 is 2.62 bits per heavy atom. The third-order valence-electron chi connectivity index (χ3n) is 4.74. The zero-order valence-corrected chi connectivity index (χ0v) is 13.0. The third kappa shape index (κ3) is 2.32. The quantitative estimate of drug-likeness (QED) is 0.807. The molecule has 1 amide bonds. The van der Waals surface area contributed by atoms with Crippen LogP contribution in [0.1, 0.15) is 18.5 Å². The van der Waals surface area contributed by atoms with Crippen molar-refractivity contribution in [3.05, 3.63) is 35.9 Å². The first-order valence-corrected chi connectivity index (χ1v) is 7.81. The summed E-state index contributed by atoms with van der Waals surface area (Å²) in [6, 6.07) is 5.18. The smallest absolute Gasteiger partial charge is 0.310 e. The average molecular weight is 331 g/mol. The monoisotopic (exact) mass is 331 g/mol. The highest BCUT2D eigenvalue weighted by atomic mass is 16.7. The molecule has 0 saturated carbocycles. The van der Waals surface area contributed by atoms with Crippen molar-refractivity contribution in [2.24, 2.45) is 11.8 Å². The molecule has 0 radical (unpaired) electrons. The zero-order valence-electron chi connectivity index (χ0n) is 13.0. The van der Waals surface area contributed by atoms with Crippen LogP contribution in [0, 0.1) is 11.8 Å². The number of aliphatic carboxylic acids is 1. The number of rotatable bonds is 4. The standard InChI is InChI=1S/C17H17NO6/c1-8(9-2-3-10-13(6-9)23-7-22-10)18-16(19)14-11-4-5-12(24-11)15(14)17(20)21/h2-6,8,11-12,14-15H,7H2,1H3,(H,18,19)(H,20,21)/t8-,11+,12+,14-,15+/m0/s1. The maximum atomic E-state index is 12.6. The minimum Gasteiger partial charge on any atom is -0.481 e. The Morgan fingerprint density at radius 2 is 1.88 bits per heavy atom. The number of amides is 1. The number of carbonyl (C=O) groups excluding carboxylic acids is 1. The Hall–Kier alpha value is -2.54. The molecule has 1 aromatic rings. The number of carboxylic acid groups (broad SMARTS) is 1. The Kier molecular flexibility index (Phi) is 3.45. The van der Waals surface area contributed by atoms with Crippen LogP contribution in [0.4, 0.5) is 0 Å². The first kappa shape index (κ1) is 15.0. The van der Waals surface area contributed by atoms with Crippen molar-refractivity contribution < 1.29 is 28.9 Å². The molecule has 0 aromatic heterocycles. The molecule has 7 nitrogen and oxygen atoms in total. The highest BCUT2D eigenvalue weighted by Gasteiger charge is 2.53. The van der Waals surface area contributed by atoms with Crippen LogP contribution in [0.15, 0.2) is 30.4 Å². The number of nitrogens with one attached hydrogen (secondary N) is 1. The second-order valence-electron chi connectivity index (χ2n) is 6.18. The fraction of sp³-hybridized carbons (Fsp3) is 0.412. The lowest BCUT2D eigenvalue weighted by Gasteiger charge is -2.23. The predicted molar refractivity (Wildman–Crippen MR) is 81.5 cm³/mol. The molecule has 24 heavy (non-hydrogen) atoms. The molecular formula is C17H17NO6. The summed E-state index contributed by atoms with van der Waals surface area (Å²) in [7, 11) is 0. The summed E-state index contributed by atoms with van der Waals surface area (Å²) in [5, 5.41) is 12.3. The third-order valence-corrected chi connectivity index (χ3v) is 4.74. The molecule has 126 valence electrons. The van der Waals surface area contributed by atoms with Gasteiger partial charge >= 0.3 is 5.97 Å². The van der Waals surface area contributed by atoms with Crippen LogP contribution >= 0.6 is 0 Å². The van der Waals surface area contributed by atoms with Gasteiger partial charge in [-0.05, 0) is 24.6 Å². The van der Waals surface area contributed by atoms with Gasteiger partial charge in [0.25, 0.3) is 0 Å². The number of ether oxygens (including phenoxy) is 3. The van der Waals surface area contributed by atoms with E-state index in [0.717, 1.165) is 5.56 Å². The van der Waals surface area contributed by atoms with E-state index in [0.29, 0.717) is 11.5 Å². The molecule has 0 spiro atoms. The number of hydrogen-bond donors (Lipinski definition) is 2. The zero-order chi connectivity index (χ0) is 16.8. The van der Waals surface area contributed by atoms with E-state index in [1.54, 1.807) is 18.2 Å². The van der Waals surface area contributed by atoms with E-state index in [4.69, 9.17) is 14.2 Å². The molecule has 1 saturated heterocycles. The predicted octanol–water partition coefficient (Wildman–Crippen LogP) is 1.25. The normalized spacial score (nSPS) is 30.4. The fourth-order valence-corrected chi connectivity index (χ4v) is 3.49. The molecule has 3 aliphatic heterocycles. The Balaban J connectivity index is 1.49. The first-order chi connectivity index (χ1) is 11.5. The molecule has 1 fully saturated rings. The highest BCUT2D eigenvalue weighted by Crippen LogP contribution is 2.40. The summed E-state index contributed by atoms with van der Waals surface area (Å²) in [5.41, 5.74) is 0.860. The van der Waals surface area contributed by atoms with E-state index < -0.39 is 30.0 Å². The largest absolute Gasteiger partial charge is 0.481 e. The molecule has 0 aliphatic carbocycles. The van der Waals surface area contributed by atoms with Gasteiger partial charge in [-0.2, -0.15) is 0 Å². The molecule has 5 atom stereocenters. The lowest BCUT2D eigenvalue weighted by Crippen LogP contribution is -2.43. The van der Waals surface area contributed by atoms with Crippen molar-refractivity contribution in [2.75, 3.05) is 6.79 Å². The van der Waals surface area contributed by atoms with Gasteiger partial charge in [-0.25, -0.2) is 0 Å². The lowest BCUT2D eigenvalue weighted by molar-refractivity contribution is -0.146. The van der Waals surface area contributed by atoms with Crippen molar-refractivity contribution in [3.8, 4) is 11.5 Å².